The average Bonchev–Trinajstić information content (AvgIpc) is 2.74. The molecule has 10 nitrogen and oxygen atoms in total. The number of aliphatic hydroxyl groups excluding tert-OH is 3. The third kappa shape index (κ3) is 8.91. The first-order valence-electron chi connectivity index (χ1n) is 9.17. The van der Waals surface area contributed by atoms with Crippen LogP contribution in [0.25, 0.3) is 0 Å². The van der Waals surface area contributed by atoms with Gasteiger partial charge in [-0.1, -0.05) is 30.3 Å². The van der Waals surface area contributed by atoms with Crippen LogP contribution in [-0.2, 0) is 24.9 Å². The fourth-order valence-electron chi connectivity index (χ4n) is 2.28. The average molecular weight is 442 g/mol. The summed E-state index contributed by atoms with van der Waals surface area (Å²) in [5.41, 5.74) is 1.04. The van der Waals surface area contributed by atoms with Gasteiger partial charge in [0.2, 0.25) is 17.7 Å². The summed E-state index contributed by atoms with van der Waals surface area (Å²) >= 11 is 1.33. The van der Waals surface area contributed by atoms with E-state index in [0.29, 0.717) is 5.75 Å². The minimum absolute atomic E-state index is 0.0549. The number of hydrogen-bond donors (Lipinski definition) is 6. The van der Waals surface area contributed by atoms with E-state index in [2.05, 4.69) is 16.0 Å². The summed E-state index contributed by atoms with van der Waals surface area (Å²) in [6.45, 7) is -0.968. The summed E-state index contributed by atoms with van der Waals surface area (Å²) in [5.74, 6) is -2.09. The second-order valence-corrected chi connectivity index (χ2v) is 7.36. The van der Waals surface area contributed by atoms with Gasteiger partial charge >= 0.3 is 0 Å². The normalized spacial score (nSPS) is 13.6. The fraction of sp³-hybridized carbons (Fsp3) is 0.474. The highest BCUT2D eigenvalue weighted by molar-refractivity contribution is 7.99. The Bertz CT molecular complexity index is 717. The van der Waals surface area contributed by atoms with Crippen LogP contribution in [0.2, 0.25) is 0 Å². The number of hydrogen-bond acceptors (Lipinski definition) is 8. The van der Waals surface area contributed by atoms with E-state index in [1.54, 1.807) is 0 Å². The van der Waals surface area contributed by atoms with Gasteiger partial charge in [-0.25, -0.2) is 0 Å². The number of carbonyl (C=O) groups is 4. The summed E-state index contributed by atoms with van der Waals surface area (Å²) in [6.07, 6.45) is 0. The molecule has 0 aliphatic carbocycles. The number of amides is 3. The predicted octanol–water partition coefficient (Wildman–Crippen LogP) is -2.06. The smallest absolute Gasteiger partial charge is 0.245 e. The number of carbonyl (C=O) groups excluding carboxylic acids is 4. The number of benzene rings is 1. The molecule has 30 heavy (non-hydrogen) atoms. The Hall–Kier alpha value is -2.47. The molecule has 0 saturated carbocycles. The highest BCUT2D eigenvalue weighted by Gasteiger charge is 2.27. The molecule has 0 bridgehead atoms. The van der Waals surface area contributed by atoms with Gasteiger partial charge in [-0.3, -0.25) is 19.2 Å². The van der Waals surface area contributed by atoms with E-state index >= 15 is 0 Å². The van der Waals surface area contributed by atoms with Crippen molar-refractivity contribution in [2.24, 2.45) is 0 Å². The molecule has 166 valence electrons. The third-order valence-electron chi connectivity index (χ3n) is 3.98. The zero-order chi connectivity index (χ0) is 22.5. The van der Waals surface area contributed by atoms with Crippen LogP contribution in [0.5, 0.6) is 0 Å². The molecule has 0 aliphatic rings. The number of aliphatic hydroxyl groups is 3. The van der Waals surface area contributed by atoms with E-state index in [1.165, 1.54) is 18.7 Å². The van der Waals surface area contributed by atoms with Crippen molar-refractivity contribution < 1.29 is 34.5 Å². The van der Waals surface area contributed by atoms with Gasteiger partial charge in [-0.15, -0.1) is 11.8 Å². The van der Waals surface area contributed by atoms with Gasteiger partial charge < -0.3 is 31.3 Å². The van der Waals surface area contributed by atoms with Crippen LogP contribution in [-0.4, -0.2) is 82.5 Å². The molecule has 3 amide bonds. The molecule has 0 spiro atoms. The summed E-state index contributed by atoms with van der Waals surface area (Å²) in [5, 5.41) is 34.6. The third-order valence-corrected chi connectivity index (χ3v) is 4.99. The van der Waals surface area contributed by atoms with Gasteiger partial charge in [0.25, 0.3) is 0 Å². The van der Waals surface area contributed by atoms with E-state index in [4.69, 9.17) is 5.11 Å². The summed E-state index contributed by atoms with van der Waals surface area (Å²) in [6, 6.07) is 5.57. The van der Waals surface area contributed by atoms with Crippen LogP contribution in [0.4, 0.5) is 0 Å². The standard InChI is InChI=1S/C19H27N3O7S/c1-12(26)14(7-23)21-19(29)16(9-25)22-18(28)15(8-24)20-17(27)11-30-10-13-5-3-2-4-6-13/h2-6,14-16,23-25H,7-11H2,1H3,(H,20,27)(H,21,29)(H,22,28)/t14?,15?,16-/m1/s1. The van der Waals surface area contributed by atoms with Gasteiger partial charge in [0, 0.05) is 5.75 Å². The first kappa shape index (κ1) is 25.6. The van der Waals surface area contributed by atoms with Crippen LogP contribution >= 0.6 is 11.8 Å². The first-order valence-corrected chi connectivity index (χ1v) is 10.3. The summed E-state index contributed by atoms with van der Waals surface area (Å²) in [4.78, 5) is 47.7. The number of thioether (sulfide) groups is 1. The van der Waals surface area contributed by atoms with Crippen molar-refractivity contribution in [1.29, 1.82) is 0 Å². The molecular weight excluding hydrogens is 414 g/mol. The fourth-order valence-corrected chi connectivity index (χ4v) is 3.08. The van der Waals surface area contributed by atoms with Gasteiger partial charge in [-0.2, -0.15) is 0 Å². The Morgan fingerprint density at radius 2 is 1.33 bits per heavy atom. The lowest BCUT2D eigenvalue weighted by Crippen LogP contribution is -2.58. The molecule has 0 radical (unpaired) electrons. The highest BCUT2D eigenvalue weighted by Crippen LogP contribution is 2.11. The molecule has 11 heteroatoms. The van der Waals surface area contributed by atoms with E-state index in [-0.39, 0.29) is 5.75 Å². The van der Waals surface area contributed by atoms with Crippen LogP contribution in [0.15, 0.2) is 30.3 Å². The van der Waals surface area contributed by atoms with Crippen molar-refractivity contribution >= 4 is 35.3 Å². The maximum Gasteiger partial charge on any atom is 0.245 e. The van der Waals surface area contributed by atoms with E-state index in [9.17, 15) is 29.4 Å². The van der Waals surface area contributed by atoms with Crippen LogP contribution in [0.3, 0.4) is 0 Å². The first-order chi connectivity index (χ1) is 14.3. The maximum absolute atomic E-state index is 12.3. The van der Waals surface area contributed by atoms with Crippen LogP contribution in [0, 0.1) is 0 Å². The number of nitrogens with one attached hydrogen (secondary N) is 3. The molecule has 0 aliphatic heterocycles. The molecule has 6 N–H and O–H groups in total. The lowest BCUT2D eigenvalue weighted by molar-refractivity contribution is -0.134. The largest absolute Gasteiger partial charge is 0.394 e. The zero-order valence-corrected chi connectivity index (χ0v) is 17.4. The van der Waals surface area contributed by atoms with Gasteiger partial charge in [0.05, 0.1) is 25.6 Å². The van der Waals surface area contributed by atoms with Crippen molar-refractivity contribution in [2.75, 3.05) is 25.6 Å². The molecule has 2 unspecified atom stereocenters. The summed E-state index contributed by atoms with van der Waals surface area (Å²) in [7, 11) is 0. The molecular formula is C19H27N3O7S. The molecule has 1 aromatic carbocycles. The van der Waals surface area contributed by atoms with E-state index in [0.717, 1.165) is 5.56 Å². The second kappa shape index (κ2) is 13.7. The number of ketones is 1. The topological polar surface area (TPSA) is 165 Å². The second-order valence-electron chi connectivity index (χ2n) is 6.38. The van der Waals surface area contributed by atoms with Gasteiger partial charge in [0.15, 0.2) is 5.78 Å². The quantitative estimate of drug-likeness (QED) is 0.203. The van der Waals surface area contributed by atoms with Crippen LogP contribution in [0.1, 0.15) is 12.5 Å². The summed E-state index contributed by atoms with van der Waals surface area (Å²) < 4.78 is 0. The highest BCUT2D eigenvalue weighted by atomic mass is 32.2. The molecule has 1 rings (SSSR count). The lowest BCUT2D eigenvalue weighted by Gasteiger charge is -2.22. The van der Waals surface area contributed by atoms with Crippen molar-refractivity contribution in [3.63, 3.8) is 0 Å². The SMILES string of the molecule is CC(=O)C(CO)NC(=O)[C@@H](CO)NC(=O)C(CO)NC(=O)CSCc1ccccc1. The van der Waals surface area contributed by atoms with Crippen molar-refractivity contribution in [2.45, 2.75) is 30.8 Å². The Morgan fingerprint density at radius 1 is 0.833 bits per heavy atom. The van der Waals surface area contributed by atoms with E-state index in [1.807, 2.05) is 30.3 Å². The molecule has 0 aromatic heterocycles. The molecule has 0 fully saturated rings. The minimum atomic E-state index is -1.43. The monoisotopic (exact) mass is 441 g/mol. The van der Waals surface area contributed by atoms with E-state index < -0.39 is 61.5 Å². The number of rotatable bonds is 13. The minimum Gasteiger partial charge on any atom is -0.394 e. The Morgan fingerprint density at radius 3 is 1.83 bits per heavy atom. The Labute approximate surface area is 178 Å². The maximum atomic E-state index is 12.3. The Balaban J connectivity index is 2.53. The van der Waals surface area contributed by atoms with Crippen LogP contribution < -0.4 is 16.0 Å². The van der Waals surface area contributed by atoms with Gasteiger partial charge in [-0.05, 0) is 12.5 Å². The predicted molar refractivity (Wildman–Crippen MR) is 110 cm³/mol. The zero-order valence-electron chi connectivity index (χ0n) is 16.5. The Kier molecular flexibility index (Phi) is 11.7. The molecule has 0 saturated heterocycles. The molecule has 0 heterocycles. The lowest BCUT2D eigenvalue weighted by atomic mass is 10.2. The molecule has 3 atom stereocenters. The molecule has 1 aromatic rings. The number of Topliss-reactive ketones (excluding diaryl/α,β-unsaturated/α-hetero) is 1. The van der Waals surface area contributed by atoms with Gasteiger partial charge in [0.1, 0.15) is 18.1 Å². The van der Waals surface area contributed by atoms with Crippen molar-refractivity contribution in [3.8, 4) is 0 Å². The van der Waals surface area contributed by atoms with Crippen molar-refractivity contribution in [3.05, 3.63) is 35.9 Å². The van der Waals surface area contributed by atoms with Crippen molar-refractivity contribution in [1.82, 2.24) is 16.0 Å².